The van der Waals surface area contributed by atoms with Gasteiger partial charge >= 0.3 is 0 Å². The Morgan fingerprint density at radius 1 is 1.53 bits per heavy atom. The van der Waals surface area contributed by atoms with Crippen molar-refractivity contribution in [2.24, 2.45) is 0 Å². The van der Waals surface area contributed by atoms with Gasteiger partial charge in [-0.1, -0.05) is 18.2 Å². The van der Waals surface area contributed by atoms with Crippen LogP contribution in [-0.4, -0.2) is 25.6 Å². The zero-order valence-electron chi connectivity index (χ0n) is 10.0. The first kappa shape index (κ1) is 12.1. The summed E-state index contributed by atoms with van der Waals surface area (Å²) >= 11 is 0. The number of para-hydroxylation sites is 1. The molecule has 1 aliphatic heterocycles. The molecule has 0 unspecified atom stereocenters. The molecular weight excluding hydrogens is 216 g/mol. The summed E-state index contributed by atoms with van der Waals surface area (Å²) in [6.45, 7) is 1.44. The number of carbonyl (C=O) groups is 1. The molecule has 1 atom stereocenters. The highest BCUT2D eigenvalue weighted by Gasteiger charge is 2.22. The summed E-state index contributed by atoms with van der Waals surface area (Å²) in [5, 5.41) is 6.14. The maximum Gasteiger partial charge on any atom is 0.241 e. The lowest BCUT2D eigenvalue weighted by Crippen LogP contribution is -2.35. The first-order chi connectivity index (χ1) is 8.31. The van der Waals surface area contributed by atoms with Gasteiger partial charge in [0.25, 0.3) is 0 Å². The summed E-state index contributed by atoms with van der Waals surface area (Å²) in [7, 11) is 1.65. The van der Waals surface area contributed by atoms with Crippen LogP contribution in [0.3, 0.4) is 0 Å². The lowest BCUT2D eigenvalue weighted by molar-refractivity contribution is -0.117. The van der Waals surface area contributed by atoms with Crippen LogP contribution in [0.4, 0.5) is 5.69 Å². The third kappa shape index (κ3) is 3.05. The third-order valence-corrected chi connectivity index (χ3v) is 2.95. The molecule has 1 heterocycles. The Bertz CT molecular complexity index is 387. The summed E-state index contributed by atoms with van der Waals surface area (Å²) in [6.07, 6.45) is 1.98. The van der Waals surface area contributed by atoms with Crippen LogP contribution in [0.1, 0.15) is 18.4 Å². The number of hydrogen-bond acceptors (Lipinski definition) is 3. The van der Waals surface area contributed by atoms with E-state index in [4.69, 9.17) is 4.74 Å². The Hall–Kier alpha value is -1.39. The number of methoxy groups -OCH3 is 1. The van der Waals surface area contributed by atoms with Gasteiger partial charge in [-0.25, -0.2) is 0 Å². The highest BCUT2D eigenvalue weighted by Crippen LogP contribution is 2.17. The van der Waals surface area contributed by atoms with Gasteiger partial charge in [0.15, 0.2) is 0 Å². The second-order valence-corrected chi connectivity index (χ2v) is 4.23. The molecule has 0 spiro atoms. The van der Waals surface area contributed by atoms with Crippen molar-refractivity contribution in [3.63, 3.8) is 0 Å². The molecule has 4 nitrogen and oxygen atoms in total. The highest BCUT2D eigenvalue weighted by molar-refractivity contribution is 5.95. The largest absolute Gasteiger partial charge is 0.380 e. The second-order valence-electron chi connectivity index (χ2n) is 4.23. The van der Waals surface area contributed by atoms with Crippen molar-refractivity contribution >= 4 is 11.6 Å². The van der Waals surface area contributed by atoms with Crippen LogP contribution >= 0.6 is 0 Å². The quantitative estimate of drug-likeness (QED) is 0.830. The number of ether oxygens (including phenoxy) is 1. The van der Waals surface area contributed by atoms with Gasteiger partial charge in [0, 0.05) is 18.4 Å². The van der Waals surface area contributed by atoms with Crippen molar-refractivity contribution in [3.8, 4) is 0 Å². The fraction of sp³-hybridized carbons (Fsp3) is 0.462. The predicted octanol–water partition coefficient (Wildman–Crippen LogP) is 1.52. The lowest BCUT2D eigenvalue weighted by atomic mass is 10.1. The van der Waals surface area contributed by atoms with Crippen LogP contribution in [0.25, 0.3) is 0 Å². The van der Waals surface area contributed by atoms with Gasteiger partial charge in [0.05, 0.1) is 12.6 Å². The minimum Gasteiger partial charge on any atom is -0.380 e. The Balaban J connectivity index is 2.04. The summed E-state index contributed by atoms with van der Waals surface area (Å²) in [5.74, 6) is 0.0473. The van der Waals surface area contributed by atoms with E-state index in [2.05, 4.69) is 10.6 Å². The molecule has 1 amide bonds. The Labute approximate surface area is 101 Å². The molecule has 2 N–H and O–H groups in total. The summed E-state index contributed by atoms with van der Waals surface area (Å²) in [4.78, 5) is 12.0. The minimum absolute atomic E-state index is 0.0473. The Morgan fingerprint density at radius 3 is 3.06 bits per heavy atom. The third-order valence-electron chi connectivity index (χ3n) is 2.95. The molecule has 0 aromatic heterocycles. The molecule has 1 aliphatic rings. The highest BCUT2D eigenvalue weighted by atomic mass is 16.5. The molecule has 1 aromatic rings. The zero-order valence-corrected chi connectivity index (χ0v) is 10.0. The van der Waals surface area contributed by atoms with Crippen LogP contribution in [0.15, 0.2) is 24.3 Å². The predicted molar refractivity (Wildman–Crippen MR) is 66.8 cm³/mol. The van der Waals surface area contributed by atoms with Gasteiger partial charge in [-0.3, -0.25) is 4.79 Å². The molecule has 17 heavy (non-hydrogen) atoms. The Morgan fingerprint density at radius 2 is 2.35 bits per heavy atom. The number of benzene rings is 1. The monoisotopic (exact) mass is 234 g/mol. The van der Waals surface area contributed by atoms with E-state index in [-0.39, 0.29) is 11.9 Å². The number of amides is 1. The summed E-state index contributed by atoms with van der Waals surface area (Å²) < 4.78 is 5.11. The molecule has 0 bridgehead atoms. The summed E-state index contributed by atoms with van der Waals surface area (Å²) in [6, 6.07) is 7.67. The number of rotatable bonds is 4. The van der Waals surface area contributed by atoms with Crippen molar-refractivity contribution < 1.29 is 9.53 Å². The molecule has 92 valence electrons. The van der Waals surface area contributed by atoms with Gasteiger partial charge < -0.3 is 15.4 Å². The van der Waals surface area contributed by atoms with E-state index in [1.54, 1.807) is 7.11 Å². The molecule has 1 saturated heterocycles. The van der Waals surface area contributed by atoms with Gasteiger partial charge in [-0.15, -0.1) is 0 Å². The standard InChI is InChI=1S/C13H18N2O2/c1-17-9-10-5-2-3-6-11(10)15-13(16)12-7-4-8-14-12/h2-3,5-6,12,14H,4,7-9H2,1H3,(H,15,16)/t12-/m1/s1. The zero-order chi connectivity index (χ0) is 12.1. The molecule has 4 heteroatoms. The molecule has 0 saturated carbocycles. The topological polar surface area (TPSA) is 50.4 Å². The van der Waals surface area contributed by atoms with Gasteiger partial charge in [-0.2, -0.15) is 0 Å². The van der Waals surface area contributed by atoms with Crippen molar-refractivity contribution in [2.75, 3.05) is 19.0 Å². The van der Waals surface area contributed by atoms with E-state index >= 15 is 0 Å². The normalized spacial score (nSPS) is 19.2. The van der Waals surface area contributed by atoms with Gasteiger partial charge in [-0.05, 0) is 25.5 Å². The summed E-state index contributed by atoms with van der Waals surface area (Å²) in [5.41, 5.74) is 1.84. The fourth-order valence-corrected chi connectivity index (χ4v) is 2.05. The first-order valence-corrected chi connectivity index (χ1v) is 5.92. The smallest absolute Gasteiger partial charge is 0.241 e. The van der Waals surface area contributed by atoms with Crippen molar-refractivity contribution in [2.45, 2.75) is 25.5 Å². The van der Waals surface area contributed by atoms with Crippen LogP contribution in [0, 0.1) is 0 Å². The molecule has 2 rings (SSSR count). The average molecular weight is 234 g/mol. The number of anilines is 1. The molecule has 1 aromatic carbocycles. The van der Waals surface area contributed by atoms with Gasteiger partial charge in [0.2, 0.25) is 5.91 Å². The van der Waals surface area contributed by atoms with Crippen LogP contribution in [0.2, 0.25) is 0 Å². The van der Waals surface area contributed by atoms with Crippen molar-refractivity contribution in [3.05, 3.63) is 29.8 Å². The van der Waals surface area contributed by atoms with E-state index < -0.39 is 0 Å². The minimum atomic E-state index is -0.0504. The van der Waals surface area contributed by atoms with E-state index in [9.17, 15) is 4.79 Å². The molecular formula is C13H18N2O2. The molecule has 0 aliphatic carbocycles. The van der Waals surface area contributed by atoms with Gasteiger partial charge in [0.1, 0.15) is 0 Å². The van der Waals surface area contributed by atoms with Crippen LogP contribution < -0.4 is 10.6 Å². The van der Waals surface area contributed by atoms with E-state index in [1.807, 2.05) is 24.3 Å². The van der Waals surface area contributed by atoms with Crippen molar-refractivity contribution in [1.29, 1.82) is 0 Å². The maximum atomic E-state index is 12.0. The molecule has 0 radical (unpaired) electrons. The number of hydrogen-bond donors (Lipinski definition) is 2. The number of carbonyl (C=O) groups excluding carboxylic acids is 1. The van der Waals surface area contributed by atoms with Crippen molar-refractivity contribution in [1.82, 2.24) is 5.32 Å². The van der Waals surface area contributed by atoms with Crippen LogP contribution in [-0.2, 0) is 16.1 Å². The SMILES string of the molecule is COCc1ccccc1NC(=O)[C@H]1CCCN1. The first-order valence-electron chi connectivity index (χ1n) is 5.92. The average Bonchev–Trinajstić information content (AvgIpc) is 2.85. The Kier molecular flexibility index (Phi) is 4.12. The maximum absolute atomic E-state index is 12.0. The second kappa shape index (κ2) is 5.80. The van der Waals surface area contributed by atoms with E-state index in [0.717, 1.165) is 30.6 Å². The lowest BCUT2D eigenvalue weighted by Gasteiger charge is -2.14. The number of nitrogens with one attached hydrogen (secondary N) is 2. The molecule has 1 fully saturated rings. The van der Waals surface area contributed by atoms with E-state index in [0.29, 0.717) is 6.61 Å². The van der Waals surface area contributed by atoms with Crippen LogP contribution in [0.5, 0.6) is 0 Å². The fourth-order valence-electron chi connectivity index (χ4n) is 2.05. The van der Waals surface area contributed by atoms with E-state index in [1.165, 1.54) is 0 Å².